The molecule has 6 heteroatoms. The summed E-state index contributed by atoms with van der Waals surface area (Å²) in [5.41, 5.74) is 0.928. The van der Waals surface area contributed by atoms with Crippen LogP contribution in [0, 0.1) is 6.92 Å². The predicted molar refractivity (Wildman–Crippen MR) is 145 cm³/mol. The lowest BCUT2D eigenvalue weighted by atomic mass is 10.1. The molecule has 1 aromatic rings. The van der Waals surface area contributed by atoms with Crippen LogP contribution in [0.4, 0.5) is 0 Å². The fourth-order valence-corrected chi connectivity index (χ4v) is 4.75. The van der Waals surface area contributed by atoms with Crippen LogP contribution < -0.4 is 0 Å². The first kappa shape index (κ1) is 32.6. The number of unbranched alkanes of at least 4 members (excludes halogenated alkanes) is 10. The molecule has 33 heavy (non-hydrogen) atoms. The normalized spacial score (nSPS) is 11.8. The number of hydrogen-bond donors (Lipinski definition) is 0. The van der Waals surface area contributed by atoms with E-state index in [-0.39, 0.29) is 4.90 Å². The average molecular weight is 549 g/mol. The Bertz CT molecular complexity index is 661. The second kappa shape index (κ2) is 19.8. The first-order valence-electron chi connectivity index (χ1n) is 13.1. The number of quaternary nitrogens is 1. The van der Waals surface area contributed by atoms with Crippen molar-refractivity contribution in [3.8, 4) is 0 Å². The van der Waals surface area contributed by atoms with E-state index >= 15 is 0 Å². The summed E-state index contributed by atoms with van der Waals surface area (Å²) < 4.78 is 32.5. The maximum atomic E-state index is 10.4. The van der Waals surface area contributed by atoms with Gasteiger partial charge < -0.3 is 9.04 Å². The van der Waals surface area contributed by atoms with Crippen molar-refractivity contribution in [1.29, 1.82) is 0 Å². The van der Waals surface area contributed by atoms with E-state index in [0.717, 1.165) is 10.9 Å². The van der Waals surface area contributed by atoms with Gasteiger partial charge in [-0.15, -0.1) is 0 Å². The SMILES string of the molecule is CCCCCCCC[N+](C)(CCCBr)CCCCCCCC.Cc1ccc(S(=O)(=O)[O-])cc1. The van der Waals surface area contributed by atoms with E-state index in [2.05, 4.69) is 36.8 Å². The molecule has 0 aliphatic rings. The van der Waals surface area contributed by atoms with Crippen LogP contribution in [0.3, 0.4) is 0 Å². The van der Waals surface area contributed by atoms with Gasteiger partial charge in [0.15, 0.2) is 0 Å². The minimum atomic E-state index is -4.27. The highest BCUT2D eigenvalue weighted by molar-refractivity contribution is 9.09. The molecule has 0 unspecified atom stereocenters. The van der Waals surface area contributed by atoms with Gasteiger partial charge in [-0.05, 0) is 44.7 Å². The second-order valence-electron chi connectivity index (χ2n) is 9.64. The Morgan fingerprint density at radius 2 is 1.12 bits per heavy atom. The highest BCUT2D eigenvalue weighted by atomic mass is 79.9. The third-order valence-corrected chi connectivity index (χ3v) is 7.65. The van der Waals surface area contributed by atoms with E-state index in [1.165, 1.54) is 120 Å². The summed E-state index contributed by atoms with van der Waals surface area (Å²) in [7, 11) is -1.77. The smallest absolute Gasteiger partial charge is 0.124 e. The molecule has 0 heterocycles. The van der Waals surface area contributed by atoms with Crippen LogP contribution in [0.15, 0.2) is 29.2 Å². The van der Waals surface area contributed by atoms with Gasteiger partial charge in [0.25, 0.3) is 0 Å². The standard InChI is InChI=1S/C20H43BrN.C7H8O3S/c1-4-6-8-10-12-14-18-22(3,20-16-17-21)19-15-13-11-9-7-5-2;1-6-2-4-7(5-3-6)11(8,9)10/h4-20H2,1-3H3;2-5H,1H3,(H,8,9,10)/q+1;/p-1. The van der Waals surface area contributed by atoms with E-state index in [1.54, 1.807) is 12.1 Å². The van der Waals surface area contributed by atoms with Gasteiger partial charge in [-0.25, -0.2) is 8.42 Å². The largest absolute Gasteiger partial charge is 0.744 e. The van der Waals surface area contributed by atoms with Crippen LogP contribution in [0.1, 0.15) is 103 Å². The molecule has 1 rings (SSSR count). The average Bonchev–Trinajstić information content (AvgIpc) is 2.77. The number of benzene rings is 1. The number of hydrogen-bond acceptors (Lipinski definition) is 3. The van der Waals surface area contributed by atoms with Crippen molar-refractivity contribution in [3.63, 3.8) is 0 Å². The number of rotatable bonds is 18. The van der Waals surface area contributed by atoms with E-state index in [4.69, 9.17) is 0 Å². The van der Waals surface area contributed by atoms with Gasteiger partial charge in [0.1, 0.15) is 10.1 Å². The number of aryl methyl sites for hydroxylation is 1. The fraction of sp³-hybridized carbons (Fsp3) is 0.778. The Morgan fingerprint density at radius 1 is 0.727 bits per heavy atom. The van der Waals surface area contributed by atoms with Crippen molar-refractivity contribution in [2.75, 3.05) is 32.0 Å². The van der Waals surface area contributed by atoms with E-state index in [0.29, 0.717) is 0 Å². The first-order valence-corrected chi connectivity index (χ1v) is 15.6. The molecule has 194 valence electrons. The van der Waals surface area contributed by atoms with E-state index in [9.17, 15) is 13.0 Å². The fourth-order valence-electron chi connectivity index (χ4n) is 4.03. The van der Waals surface area contributed by atoms with Crippen molar-refractivity contribution in [2.24, 2.45) is 0 Å². The van der Waals surface area contributed by atoms with Crippen LogP contribution in [-0.4, -0.2) is 49.5 Å². The summed E-state index contributed by atoms with van der Waals surface area (Å²) in [6.45, 7) is 10.6. The van der Waals surface area contributed by atoms with Crippen molar-refractivity contribution in [2.45, 2.75) is 109 Å². The van der Waals surface area contributed by atoms with Gasteiger partial charge in [-0.3, -0.25) is 0 Å². The van der Waals surface area contributed by atoms with Gasteiger partial charge in [-0.2, -0.15) is 0 Å². The van der Waals surface area contributed by atoms with Crippen LogP contribution >= 0.6 is 15.9 Å². The number of halogens is 1. The Balaban J connectivity index is 0.000000771. The zero-order chi connectivity index (χ0) is 25.0. The molecule has 0 aromatic heterocycles. The van der Waals surface area contributed by atoms with Crippen molar-refractivity contribution < 1.29 is 17.5 Å². The van der Waals surface area contributed by atoms with Crippen molar-refractivity contribution in [1.82, 2.24) is 0 Å². The summed E-state index contributed by atoms with van der Waals surface area (Å²) in [6, 6.07) is 5.78. The Morgan fingerprint density at radius 3 is 1.52 bits per heavy atom. The van der Waals surface area contributed by atoms with Gasteiger partial charge in [0.05, 0.1) is 31.6 Å². The number of nitrogens with zero attached hydrogens (tertiary/aromatic N) is 1. The van der Waals surface area contributed by atoms with Crippen LogP contribution in [0.5, 0.6) is 0 Å². The maximum Gasteiger partial charge on any atom is 0.124 e. The van der Waals surface area contributed by atoms with Gasteiger partial charge in [0, 0.05) is 11.8 Å². The lowest BCUT2D eigenvalue weighted by Crippen LogP contribution is -2.46. The van der Waals surface area contributed by atoms with Gasteiger partial charge in [0.2, 0.25) is 0 Å². The molecule has 0 aliphatic heterocycles. The summed E-state index contributed by atoms with van der Waals surface area (Å²) in [4.78, 5) is -0.178. The molecule has 0 radical (unpaired) electrons. The molecule has 0 saturated heterocycles. The van der Waals surface area contributed by atoms with Crippen LogP contribution in [-0.2, 0) is 10.1 Å². The van der Waals surface area contributed by atoms with Crippen molar-refractivity contribution >= 4 is 26.0 Å². The Labute approximate surface area is 214 Å². The Hall–Kier alpha value is -0.430. The quantitative estimate of drug-likeness (QED) is 0.0813. The molecular formula is C27H50BrNO3S. The third-order valence-electron chi connectivity index (χ3n) is 6.24. The molecule has 0 amide bonds. The zero-order valence-corrected chi connectivity index (χ0v) is 24.2. The van der Waals surface area contributed by atoms with Crippen molar-refractivity contribution in [3.05, 3.63) is 29.8 Å². The molecule has 0 N–H and O–H groups in total. The predicted octanol–water partition coefficient (Wildman–Crippen LogP) is 7.84. The summed E-state index contributed by atoms with van der Waals surface area (Å²) in [6.07, 6.45) is 18.4. The molecule has 0 saturated carbocycles. The van der Waals surface area contributed by atoms with E-state index in [1.807, 2.05) is 6.92 Å². The number of alkyl halides is 1. The molecule has 4 nitrogen and oxygen atoms in total. The van der Waals surface area contributed by atoms with Crippen LogP contribution in [0.2, 0.25) is 0 Å². The van der Waals surface area contributed by atoms with E-state index < -0.39 is 10.1 Å². The zero-order valence-electron chi connectivity index (χ0n) is 21.8. The first-order chi connectivity index (χ1) is 15.7. The highest BCUT2D eigenvalue weighted by Crippen LogP contribution is 2.15. The topological polar surface area (TPSA) is 57.2 Å². The molecule has 0 fully saturated rings. The molecule has 1 aromatic carbocycles. The third kappa shape index (κ3) is 18.6. The van der Waals surface area contributed by atoms with Gasteiger partial charge >= 0.3 is 0 Å². The Kier molecular flexibility index (Phi) is 19.6. The molecule has 0 spiro atoms. The monoisotopic (exact) mass is 547 g/mol. The highest BCUT2D eigenvalue weighted by Gasteiger charge is 2.19. The summed E-state index contributed by atoms with van der Waals surface area (Å²) in [5.74, 6) is 0. The molecule has 0 atom stereocenters. The minimum absolute atomic E-state index is 0.178. The minimum Gasteiger partial charge on any atom is -0.744 e. The lowest BCUT2D eigenvalue weighted by Gasteiger charge is -2.35. The molecule has 0 bridgehead atoms. The second-order valence-corrected chi connectivity index (χ2v) is 11.8. The summed E-state index contributed by atoms with van der Waals surface area (Å²) in [5, 5.41) is 1.16. The molecular weight excluding hydrogens is 498 g/mol. The van der Waals surface area contributed by atoms with Gasteiger partial charge in [-0.1, -0.05) is 98.8 Å². The maximum absolute atomic E-state index is 10.4. The molecule has 0 aliphatic carbocycles. The van der Waals surface area contributed by atoms with Crippen LogP contribution in [0.25, 0.3) is 0 Å². The lowest BCUT2D eigenvalue weighted by molar-refractivity contribution is -0.910. The summed E-state index contributed by atoms with van der Waals surface area (Å²) >= 11 is 3.61.